The predicted octanol–water partition coefficient (Wildman–Crippen LogP) is 21.0. The number of carbonyl (C=O) groups excluding carboxylic acids is 1. The lowest BCUT2D eigenvalue weighted by molar-refractivity contribution is -0.131. The maximum absolute atomic E-state index is 12.6. The van der Waals surface area contributed by atoms with Crippen molar-refractivity contribution in [3.63, 3.8) is 0 Å². The number of hydrogen-bond acceptors (Lipinski definition) is 4. The molecule has 0 aromatic carbocycles. The average molecular weight is 1010 g/mol. The van der Waals surface area contributed by atoms with Crippen LogP contribution in [0.1, 0.15) is 361 Å². The summed E-state index contributed by atoms with van der Waals surface area (Å²) in [6.45, 7) is 4.23. The van der Waals surface area contributed by atoms with Crippen LogP contribution >= 0.6 is 0 Å². The third-order valence-corrected chi connectivity index (χ3v) is 15.5. The molecule has 1 amide bonds. The Bertz CT molecular complexity index is 1120. The zero-order valence-electron chi connectivity index (χ0n) is 48.8. The monoisotopic (exact) mass is 1010 g/mol. The Kier molecular flexibility index (Phi) is 60.9. The van der Waals surface area contributed by atoms with Crippen LogP contribution in [0.15, 0.2) is 36.5 Å². The van der Waals surface area contributed by atoms with E-state index in [1.807, 2.05) is 6.08 Å². The van der Waals surface area contributed by atoms with E-state index in [1.165, 1.54) is 302 Å². The van der Waals surface area contributed by atoms with Gasteiger partial charge in [0.05, 0.1) is 18.8 Å². The van der Waals surface area contributed by atoms with E-state index in [2.05, 4.69) is 43.5 Å². The van der Waals surface area contributed by atoms with Crippen LogP contribution < -0.4 is 5.32 Å². The van der Waals surface area contributed by atoms with Gasteiger partial charge in [-0.1, -0.05) is 346 Å². The molecule has 0 radical (unpaired) electrons. The van der Waals surface area contributed by atoms with Gasteiger partial charge in [0.2, 0.25) is 5.91 Å². The molecule has 0 bridgehead atoms. The Hall–Kier alpha value is -1.43. The Morgan fingerprint density at radius 2 is 0.597 bits per heavy atom. The first-order valence-electron chi connectivity index (χ1n) is 32.8. The number of amides is 1. The second kappa shape index (κ2) is 62.1. The van der Waals surface area contributed by atoms with Gasteiger partial charge in [-0.15, -0.1) is 0 Å². The Morgan fingerprint density at radius 1 is 0.347 bits per heavy atom. The quantitative estimate of drug-likeness (QED) is 0.0361. The molecule has 426 valence electrons. The summed E-state index contributed by atoms with van der Waals surface area (Å²) in [4.78, 5) is 12.6. The fourth-order valence-corrected chi connectivity index (χ4v) is 10.4. The lowest BCUT2D eigenvalue weighted by Crippen LogP contribution is -2.48. The van der Waals surface area contributed by atoms with E-state index >= 15 is 0 Å². The molecule has 0 aromatic rings. The molecule has 0 saturated carbocycles. The number of rotatable bonds is 61. The number of hydrogen-bond donors (Lipinski definition) is 4. The molecule has 3 unspecified atom stereocenters. The second-order valence-electron chi connectivity index (χ2n) is 22.7. The van der Waals surface area contributed by atoms with Crippen LogP contribution in [0.5, 0.6) is 0 Å². The van der Waals surface area contributed by atoms with Crippen molar-refractivity contribution in [3.05, 3.63) is 36.5 Å². The van der Waals surface area contributed by atoms with Gasteiger partial charge in [0, 0.05) is 0 Å². The van der Waals surface area contributed by atoms with Crippen LogP contribution in [0.2, 0.25) is 0 Å². The molecule has 3 atom stereocenters. The first kappa shape index (κ1) is 70.6. The minimum Gasteiger partial charge on any atom is -0.394 e. The number of aliphatic hydroxyl groups excluding tert-OH is 3. The van der Waals surface area contributed by atoms with Gasteiger partial charge in [-0.05, 0) is 51.4 Å². The molecule has 0 aliphatic rings. The maximum Gasteiger partial charge on any atom is 0.249 e. The van der Waals surface area contributed by atoms with Gasteiger partial charge in [-0.25, -0.2) is 0 Å². The summed E-state index contributed by atoms with van der Waals surface area (Å²) in [5, 5.41) is 33.5. The highest BCUT2D eigenvalue weighted by Gasteiger charge is 2.22. The molecule has 72 heavy (non-hydrogen) atoms. The topological polar surface area (TPSA) is 89.8 Å². The third-order valence-electron chi connectivity index (χ3n) is 15.5. The van der Waals surface area contributed by atoms with E-state index in [-0.39, 0.29) is 6.61 Å². The van der Waals surface area contributed by atoms with Crippen molar-refractivity contribution in [2.45, 2.75) is 379 Å². The molecule has 5 nitrogen and oxygen atoms in total. The molecule has 0 aromatic heterocycles. The zero-order chi connectivity index (χ0) is 52.2. The van der Waals surface area contributed by atoms with Gasteiger partial charge >= 0.3 is 0 Å². The minimum atomic E-state index is -1.10. The van der Waals surface area contributed by atoms with E-state index in [1.54, 1.807) is 6.08 Å². The first-order valence-corrected chi connectivity index (χ1v) is 32.8. The van der Waals surface area contributed by atoms with Crippen molar-refractivity contribution in [1.82, 2.24) is 5.32 Å². The van der Waals surface area contributed by atoms with Crippen molar-refractivity contribution in [3.8, 4) is 0 Å². The van der Waals surface area contributed by atoms with Gasteiger partial charge in [0.1, 0.15) is 6.10 Å². The highest BCUT2D eigenvalue weighted by molar-refractivity contribution is 5.80. The van der Waals surface area contributed by atoms with E-state index in [4.69, 9.17) is 0 Å². The van der Waals surface area contributed by atoms with Gasteiger partial charge in [-0.3, -0.25) is 4.79 Å². The smallest absolute Gasteiger partial charge is 0.249 e. The molecule has 0 fully saturated rings. The van der Waals surface area contributed by atoms with E-state index in [0.29, 0.717) is 6.42 Å². The summed E-state index contributed by atoms with van der Waals surface area (Å²) in [5.41, 5.74) is 0. The van der Waals surface area contributed by atoms with E-state index in [0.717, 1.165) is 38.5 Å². The zero-order valence-corrected chi connectivity index (χ0v) is 48.8. The summed E-state index contributed by atoms with van der Waals surface area (Å²) in [7, 11) is 0. The molecule has 0 spiro atoms. The molecule has 0 aliphatic heterocycles. The van der Waals surface area contributed by atoms with Crippen LogP contribution in [0.4, 0.5) is 0 Å². The van der Waals surface area contributed by atoms with Crippen LogP contribution in [0.3, 0.4) is 0 Å². The largest absolute Gasteiger partial charge is 0.394 e. The molecular weight excluding hydrogens is 883 g/mol. The van der Waals surface area contributed by atoms with Gasteiger partial charge in [-0.2, -0.15) is 0 Å². The second-order valence-corrected chi connectivity index (χ2v) is 22.7. The van der Waals surface area contributed by atoms with Gasteiger partial charge < -0.3 is 20.6 Å². The molecule has 0 aliphatic carbocycles. The number of carbonyl (C=O) groups is 1. The van der Waals surface area contributed by atoms with Crippen LogP contribution in [0.25, 0.3) is 0 Å². The summed E-state index contributed by atoms with van der Waals surface area (Å²) in [6.07, 6.45) is 82.7. The van der Waals surface area contributed by atoms with Crippen LogP contribution in [-0.4, -0.2) is 46.1 Å². The molecule has 0 rings (SSSR count). The standard InChI is InChI=1S/C67H129NO4/c1-3-5-7-9-11-13-15-17-19-21-23-25-27-28-29-30-31-32-33-34-35-36-37-38-39-40-42-44-46-48-50-52-54-56-58-60-62-66(71)67(72)68-64(63-69)65(70)61-59-57-55-53-51-49-47-45-43-41-26-24-22-20-18-16-14-12-10-8-6-4-2/h29-30,32-33,59,61,64-66,69-71H,3-28,31,34-58,60,62-63H2,1-2H3,(H,68,72)/b30-29-,33-32-,61-59+. The van der Waals surface area contributed by atoms with E-state index in [9.17, 15) is 20.1 Å². The van der Waals surface area contributed by atoms with Gasteiger partial charge in [0.25, 0.3) is 0 Å². The Balaban J connectivity index is 3.51. The van der Waals surface area contributed by atoms with Crippen molar-refractivity contribution in [2.24, 2.45) is 0 Å². The fourth-order valence-electron chi connectivity index (χ4n) is 10.4. The Labute approximate surface area is 451 Å². The molecule has 5 heteroatoms. The highest BCUT2D eigenvalue weighted by Crippen LogP contribution is 2.18. The summed E-state index contributed by atoms with van der Waals surface area (Å²) in [6, 6.07) is -0.798. The lowest BCUT2D eigenvalue weighted by atomic mass is 10.0. The van der Waals surface area contributed by atoms with Crippen molar-refractivity contribution in [2.75, 3.05) is 6.61 Å². The molecule has 4 N–H and O–H groups in total. The number of nitrogens with one attached hydrogen (secondary N) is 1. The normalized spacial score (nSPS) is 13.3. The SMILES string of the molecule is CCCCCCCCCCCCCCC/C=C\C/C=C\CCCCCCCCCCCCCCCCCCC(O)C(=O)NC(CO)C(O)/C=C/CCCCCCCCCCCCCCCCCCCCCC. The Morgan fingerprint density at radius 3 is 0.875 bits per heavy atom. The lowest BCUT2D eigenvalue weighted by Gasteiger charge is -2.21. The maximum atomic E-state index is 12.6. The predicted molar refractivity (Wildman–Crippen MR) is 319 cm³/mol. The summed E-state index contributed by atoms with van der Waals surface area (Å²) < 4.78 is 0. The molecular formula is C67H129NO4. The summed E-state index contributed by atoms with van der Waals surface area (Å²) in [5.74, 6) is -0.497. The first-order chi connectivity index (χ1) is 35.6. The summed E-state index contributed by atoms with van der Waals surface area (Å²) >= 11 is 0. The third kappa shape index (κ3) is 56.3. The van der Waals surface area contributed by atoms with Gasteiger partial charge in [0.15, 0.2) is 0 Å². The van der Waals surface area contributed by atoms with Crippen LogP contribution in [0, 0.1) is 0 Å². The average Bonchev–Trinajstić information content (AvgIpc) is 3.39. The minimum absolute atomic E-state index is 0.361. The van der Waals surface area contributed by atoms with Crippen molar-refractivity contribution < 1.29 is 20.1 Å². The van der Waals surface area contributed by atoms with Crippen molar-refractivity contribution in [1.29, 1.82) is 0 Å². The van der Waals surface area contributed by atoms with E-state index < -0.39 is 24.2 Å². The van der Waals surface area contributed by atoms with Crippen molar-refractivity contribution >= 4 is 5.91 Å². The highest BCUT2D eigenvalue weighted by atomic mass is 16.3. The molecule has 0 heterocycles. The van der Waals surface area contributed by atoms with Crippen LogP contribution in [-0.2, 0) is 4.79 Å². The number of allylic oxidation sites excluding steroid dienone is 5. The number of aliphatic hydroxyl groups is 3. The number of unbranched alkanes of at least 4 members (excludes halogenated alkanes) is 49. The molecule has 0 saturated heterocycles. The fraction of sp³-hybridized carbons (Fsp3) is 0.896.